The largest absolute Gasteiger partial charge is 0.478 e. The molecule has 0 spiro atoms. The van der Waals surface area contributed by atoms with E-state index in [1.54, 1.807) is 0 Å². The number of hydrogen-bond acceptors (Lipinski definition) is 4. The number of carboxylic acid groups (broad SMARTS) is 1. The van der Waals surface area contributed by atoms with Crippen molar-refractivity contribution in [2.75, 3.05) is 32.1 Å². The molecule has 1 saturated heterocycles. The van der Waals surface area contributed by atoms with Crippen molar-refractivity contribution in [3.05, 3.63) is 23.5 Å². The molecule has 1 aliphatic heterocycles. The van der Waals surface area contributed by atoms with Crippen LogP contribution in [0.5, 0.6) is 0 Å². The predicted molar refractivity (Wildman–Crippen MR) is 74.9 cm³/mol. The number of carbonyl (C=O) groups is 1. The molecule has 0 aromatic carbocycles. The van der Waals surface area contributed by atoms with Crippen molar-refractivity contribution in [3.8, 4) is 0 Å². The number of aryl methyl sites for hydroxylation is 1. The van der Waals surface area contributed by atoms with Crippen LogP contribution in [-0.4, -0.2) is 54.2 Å². The van der Waals surface area contributed by atoms with Crippen LogP contribution in [0.15, 0.2) is 12.3 Å². The second-order valence-corrected chi connectivity index (χ2v) is 5.33. The first-order valence-corrected chi connectivity index (χ1v) is 6.60. The maximum Gasteiger partial charge on any atom is 0.339 e. The van der Waals surface area contributed by atoms with Crippen molar-refractivity contribution in [3.63, 3.8) is 0 Å². The SMILES string of the molecule is Cc1cc(N2CCC(N(C)C)CC2)c(C(=O)O)cn1. The van der Waals surface area contributed by atoms with E-state index in [1.807, 2.05) is 13.0 Å². The zero-order chi connectivity index (χ0) is 14.0. The molecule has 5 nitrogen and oxygen atoms in total. The summed E-state index contributed by atoms with van der Waals surface area (Å²) < 4.78 is 0. The first-order valence-electron chi connectivity index (χ1n) is 6.60. The molecule has 0 atom stereocenters. The molecule has 1 aliphatic rings. The van der Waals surface area contributed by atoms with Crippen LogP contribution in [0.25, 0.3) is 0 Å². The number of anilines is 1. The Kier molecular flexibility index (Phi) is 4.04. The van der Waals surface area contributed by atoms with Crippen molar-refractivity contribution >= 4 is 11.7 Å². The third-order valence-electron chi connectivity index (χ3n) is 3.78. The summed E-state index contributed by atoms with van der Waals surface area (Å²) in [6.07, 6.45) is 3.59. The van der Waals surface area contributed by atoms with Gasteiger partial charge in [0.05, 0.1) is 5.69 Å². The lowest BCUT2D eigenvalue weighted by atomic mass is 10.0. The highest BCUT2D eigenvalue weighted by molar-refractivity contribution is 5.94. The van der Waals surface area contributed by atoms with Gasteiger partial charge in [0.25, 0.3) is 0 Å². The Balaban J connectivity index is 2.19. The predicted octanol–water partition coefficient (Wildman–Crippen LogP) is 1.62. The summed E-state index contributed by atoms with van der Waals surface area (Å²) in [5.74, 6) is -0.905. The van der Waals surface area contributed by atoms with Crippen molar-refractivity contribution < 1.29 is 9.90 Å². The number of pyridine rings is 1. The molecular formula is C14H21N3O2. The minimum absolute atomic E-state index is 0.300. The van der Waals surface area contributed by atoms with Gasteiger partial charge in [-0.3, -0.25) is 4.98 Å². The Morgan fingerprint density at radius 3 is 2.58 bits per heavy atom. The van der Waals surface area contributed by atoms with E-state index in [2.05, 4.69) is 28.9 Å². The summed E-state index contributed by atoms with van der Waals surface area (Å²) in [6.45, 7) is 3.68. The number of nitrogens with zero attached hydrogens (tertiary/aromatic N) is 3. The molecule has 0 aliphatic carbocycles. The smallest absolute Gasteiger partial charge is 0.339 e. The Morgan fingerprint density at radius 2 is 2.05 bits per heavy atom. The number of aromatic nitrogens is 1. The fraction of sp³-hybridized carbons (Fsp3) is 0.571. The topological polar surface area (TPSA) is 56.7 Å². The number of carboxylic acids is 1. The zero-order valence-corrected chi connectivity index (χ0v) is 11.8. The van der Waals surface area contributed by atoms with E-state index in [4.69, 9.17) is 0 Å². The molecule has 2 heterocycles. The lowest BCUT2D eigenvalue weighted by molar-refractivity contribution is 0.0697. The molecule has 0 amide bonds. The first kappa shape index (κ1) is 13.8. The molecule has 104 valence electrons. The molecule has 0 saturated carbocycles. The number of piperidine rings is 1. The van der Waals surface area contributed by atoms with E-state index in [0.717, 1.165) is 37.3 Å². The minimum Gasteiger partial charge on any atom is -0.478 e. The summed E-state index contributed by atoms with van der Waals surface area (Å²) in [4.78, 5) is 19.8. The Bertz CT molecular complexity index is 466. The van der Waals surface area contributed by atoms with Gasteiger partial charge in [0.15, 0.2) is 0 Å². The normalized spacial score (nSPS) is 16.9. The van der Waals surface area contributed by atoms with Crippen molar-refractivity contribution in [1.82, 2.24) is 9.88 Å². The van der Waals surface area contributed by atoms with Crippen molar-refractivity contribution in [2.45, 2.75) is 25.8 Å². The van der Waals surface area contributed by atoms with Crippen LogP contribution < -0.4 is 4.90 Å². The van der Waals surface area contributed by atoms with Gasteiger partial charge >= 0.3 is 5.97 Å². The third-order valence-corrected chi connectivity index (χ3v) is 3.78. The summed E-state index contributed by atoms with van der Waals surface area (Å²) in [6, 6.07) is 2.46. The molecule has 2 rings (SSSR count). The number of rotatable bonds is 3. The highest BCUT2D eigenvalue weighted by Gasteiger charge is 2.24. The zero-order valence-electron chi connectivity index (χ0n) is 11.8. The van der Waals surface area contributed by atoms with Crippen molar-refractivity contribution in [1.29, 1.82) is 0 Å². The average Bonchev–Trinajstić information content (AvgIpc) is 2.38. The lowest BCUT2D eigenvalue weighted by Gasteiger charge is -2.37. The molecule has 0 radical (unpaired) electrons. The van der Waals surface area contributed by atoms with E-state index in [-0.39, 0.29) is 0 Å². The van der Waals surface area contributed by atoms with E-state index >= 15 is 0 Å². The van der Waals surface area contributed by atoms with E-state index in [0.29, 0.717) is 11.6 Å². The summed E-state index contributed by atoms with van der Waals surface area (Å²) in [5, 5.41) is 9.25. The molecule has 1 fully saturated rings. The standard InChI is InChI=1S/C14H21N3O2/c1-10-8-13(12(9-15-10)14(18)19)17-6-4-11(5-7-17)16(2)3/h8-9,11H,4-7H2,1-3H3,(H,18,19). The quantitative estimate of drug-likeness (QED) is 0.898. The number of hydrogen-bond donors (Lipinski definition) is 1. The molecule has 1 aromatic heterocycles. The molecular weight excluding hydrogens is 242 g/mol. The van der Waals surface area contributed by atoms with Gasteiger partial charge in [0, 0.05) is 31.0 Å². The molecule has 0 unspecified atom stereocenters. The molecule has 5 heteroatoms. The van der Waals surface area contributed by atoms with Gasteiger partial charge in [0.1, 0.15) is 5.56 Å². The van der Waals surface area contributed by atoms with Crippen LogP contribution in [0.3, 0.4) is 0 Å². The highest BCUT2D eigenvalue weighted by atomic mass is 16.4. The van der Waals surface area contributed by atoms with Gasteiger partial charge in [0.2, 0.25) is 0 Å². The average molecular weight is 263 g/mol. The molecule has 1 N–H and O–H groups in total. The van der Waals surface area contributed by atoms with E-state index in [1.165, 1.54) is 6.20 Å². The van der Waals surface area contributed by atoms with Gasteiger partial charge in [-0.1, -0.05) is 0 Å². The fourth-order valence-electron chi connectivity index (χ4n) is 2.59. The second kappa shape index (κ2) is 5.57. The number of aromatic carboxylic acids is 1. The monoisotopic (exact) mass is 263 g/mol. The van der Waals surface area contributed by atoms with Gasteiger partial charge < -0.3 is 14.9 Å². The van der Waals surface area contributed by atoms with Gasteiger partial charge in [-0.2, -0.15) is 0 Å². The Hall–Kier alpha value is -1.62. The molecule has 0 bridgehead atoms. The van der Waals surface area contributed by atoms with Crippen LogP contribution in [0, 0.1) is 6.92 Å². The van der Waals surface area contributed by atoms with Crippen LogP contribution in [0.2, 0.25) is 0 Å². The Labute approximate surface area is 113 Å². The van der Waals surface area contributed by atoms with E-state index < -0.39 is 5.97 Å². The molecule has 1 aromatic rings. The summed E-state index contributed by atoms with van der Waals surface area (Å²) in [7, 11) is 4.19. The fourth-order valence-corrected chi connectivity index (χ4v) is 2.59. The Morgan fingerprint density at radius 1 is 1.42 bits per heavy atom. The van der Waals surface area contributed by atoms with Crippen LogP contribution >= 0.6 is 0 Å². The lowest BCUT2D eigenvalue weighted by Crippen LogP contribution is -2.42. The summed E-state index contributed by atoms with van der Waals surface area (Å²) in [5.41, 5.74) is 1.96. The van der Waals surface area contributed by atoms with Crippen LogP contribution in [0.4, 0.5) is 5.69 Å². The maximum atomic E-state index is 11.3. The molecule has 19 heavy (non-hydrogen) atoms. The highest BCUT2D eigenvalue weighted by Crippen LogP contribution is 2.25. The first-order chi connectivity index (χ1) is 8.99. The minimum atomic E-state index is -0.905. The van der Waals surface area contributed by atoms with Crippen LogP contribution in [-0.2, 0) is 0 Å². The van der Waals surface area contributed by atoms with Gasteiger partial charge in [-0.05, 0) is 39.9 Å². The van der Waals surface area contributed by atoms with Gasteiger partial charge in [-0.25, -0.2) is 4.79 Å². The second-order valence-electron chi connectivity index (χ2n) is 5.33. The third kappa shape index (κ3) is 3.04. The van der Waals surface area contributed by atoms with Gasteiger partial charge in [-0.15, -0.1) is 0 Å². The maximum absolute atomic E-state index is 11.3. The van der Waals surface area contributed by atoms with Crippen molar-refractivity contribution in [2.24, 2.45) is 0 Å². The summed E-state index contributed by atoms with van der Waals surface area (Å²) >= 11 is 0. The van der Waals surface area contributed by atoms with Crippen LogP contribution in [0.1, 0.15) is 28.9 Å². The van der Waals surface area contributed by atoms with E-state index in [9.17, 15) is 9.90 Å².